The van der Waals surface area contributed by atoms with Crippen LogP contribution in [0.25, 0.3) is 10.2 Å². The van der Waals surface area contributed by atoms with E-state index in [1.165, 1.54) is 35.5 Å². The van der Waals surface area contributed by atoms with Crippen molar-refractivity contribution < 1.29 is 4.79 Å². The first-order valence-corrected chi connectivity index (χ1v) is 8.12. The third kappa shape index (κ3) is 2.28. The van der Waals surface area contributed by atoms with Crippen LogP contribution in [0.15, 0.2) is 5.16 Å². The number of fused-ring (bicyclic) bond motifs is 3. The Hall–Kier alpha value is -1.34. The molecule has 100 valence electrons. The lowest BCUT2D eigenvalue weighted by Gasteiger charge is -2.09. The number of aryl methyl sites for hydroxylation is 2. The van der Waals surface area contributed by atoms with Gasteiger partial charge in [-0.2, -0.15) is 0 Å². The van der Waals surface area contributed by atoms with Crippen LogP contribution in [0.4, 0.5) is 5.82 Å². The molecule has 2 aromatic heterocycles. The van der Waals surface area contributed by atoms with E-state index in [1.54, 1.807) is 11.3 Å². The first kappa shape index (κ1) is 12.7. The van der Waals surface area contributed by atoms with Crippen LogP contribution in [0, 0.1) is 0 Å². The first-order valence-electron chi connectivity index (χ1n) is 6.08. The number of carbonyl (C=O) groups is 1. The van der Waals surface area contributed by atoms with E-state index in [4.69, 9.17) is 0 Å². The van der Waals surface area contributed by atoms with Gasteiger partial charge in [0.25, 0.3) is 0 Å². The fourth-order valence-corrected chi connectivity index (χ4v) is 3.99. The summed E-state index contributed by atoms with van der Waals surface area (Å²) in [7, 11) is 0. The number of aromatic nitrogens is 2. The zero-order chi connectivity index (χ0) is 13.4. The number of hydrazine groups is 1. The summed E-state index contributed by atoms with van der Waals surface area (Å²) in [4.78, 5) is 22.5. The lowest BCUT2D eigenvalue weighted by atomic mass is 10.2. The van der Waals surface area contributed by atoms with Crippen LogP contribution in [0.2, 0.25) is 0 Å². The van der Waals surface area contributed by atoms with Crippen LogP contribution >= 0.6 is 23.1 Å². The van der Waals surface area contributed by atoms with Crippen LogP contribution in [-0.4, -0.2) is 22.1 Å². The van der Waals surface area contributed by atoms with Crippen molar-refractivity contribution in [2.75, 3.05) is 11.7 Å². The van der Waals surface area contributed by atoms with Gasteiger partial charge in [0, 0.05) is 11.8 Å². The van der Waals surface area contributed by atoms with Crippen molar-refractivity contribution in [2.45, 2.75) is 31.3 Å². The van der Waals surface area contributed by atoms with E-state index < -0.39 is 0 Å². The Balaban J connectivity index is 2.12. The Labute approximate surface area is 119 Å². The number of hydrogen-bond acceptors (Lipinski definition) is 6. The molecule has 2 N–H and O–H groups in total. The van der Waals surface area contributed by atoms with E-state index in [-0.39, 0.29) is 5.91 Å². The highest BCUT2D eigenvalue weighted by atomic mass is 32.2. The molecule has 5 nitrogen and oxygen atoms in total. The molecule has 2 aromatic rings. The fourth-order valence-electron chi connectivity index (χ4n) is 2.31. The monoisotopic (exact) mass is 294 g/mol. The number of amides is 1. The van der Waals surface area contributed by atoms with Gasteiger partial charge in [-0.3, -0.25) is 15.6 Å². The van der Waals surface area contributed by atoms with Gasteiger partial charge >= 0.3 is 0 Å². The predicted octanol–water partition coefficient (Wildman–Crippen LogP) is 2.36. The normalized spacial score (nSPS) is 13.6. The van der Waals surface area contributed by atoms with Crippen molar-refractivity contribution >= 4 is 45.0 Å². The summed E-state index contributed by atoms with van der Waals surface area (Å²) in [5.41, 5.74) is 6.87. The summed E-state index contributed by atoms with van der Waals surface area (Å²) in [6.07, 6.45) is 5.35. The molecular weight excluding hydrogens is 280 g/mol. The molecule has 3 rings (SSSR count). The lowest BCUT2D eigenvalue weighted by Crippen LogP contribution is -2.27. The molecule has 2 heterocycles. The summed E-state index contributed by atoms with van der Waals surface area (Å²) < 4.78 is 0. The highest BCUT2D eigenvalue weighted by Crippen LogP contribution is 2.39. The molecule has 0 saturated heterocycles. The Morgan fingerprint density at radius 3 is 2.95 bits per heavy atom. The molecule has 7 heteroatoms. The molecule has 0 spiro atoms. The van der Waals surface area contributed by atoms with Gasteiger partial charge in [0.15, 0.2) is 11.0 Å². The van der Waals surface area contributed by atoms with Crippen molar-refractivity contribution in [3.63, 3.8) is 0 Å². The number of thioether (sulfide) groups is 1. The Kier molecular flexibility index (Phi) is 3.32. The second-order valence-electron chi connectivity index (χ2n) is 4.40. The van der Waals surface area contributed by atoms with Gasteiger partial charge in [-0.15, -0.1) is 11.3 Å². The van der Waals surface area contributed by atoms with E-state index in [1.807, 2.05) is 6.26 Å². The zero-order valence-corrected chi connectivity index (χ0v) is 12.4. The SMILES string of the molecule is CSc1nc(NNC(C)=O)c2c3c(sc2n1)CCC3. The lowest BCUT2D eigenvalue weighted by molar-refractivity contribution is -0.118. The largest absolute Gasteiger partial charge is 0.281 e. The van der Waals surface area contributed by atoms with Crippen LogP contribution in [0.3, 0.4) is 0 Å². The summed E-state index contributed by atoms with van der Waals surface area (Å²) in [5.74, 6) is 0.577. The number of anilines is 1. The van der Waals surface area contributed by atoms with Crippen LogP contribution in [0.1, 0.15) is 23.8 Å². The molecule has 0 fully saturated rings. The van der Waals surface area contributed by atoms with Crippen molar-refractivity contribution in [3.8, 4) is 0 Å². The van der Waals surface area contributed by atoms with Gasteiger partial charge in [-0.25, -0.2) is 9.97 Å². The first-order chi connectivity index (χ1) is 9.19. The number of thiophene rings is 1. The fraction of sp³-hybridized carbons (Fsp3) is 0.417. The number of nitrogens with one attached hydrogen (secondary N) is 2. The van der Waals surface area contributed by atoms with Crippen molar-refractivity contribution in [2.24, 2.45) is 0 Å². The van der Waals surface area contributed by atoms with Crippen LogP contribution < -0.4 is 10.9 Å². The number of nitrogens with zero attached hydrogens (tertiary/aromatic N) is 2. The number of carbonyl (C=O) groups excluding carboxylic acids is 1. The summed E-state index contributed by atoms with van der Waals surface area (Å²) in [6, 6.07) is 0. The van der Waals surface area contributed by atoms with Gasteiger partial charge in [-0.1, -0.05) is 11.8 Å². The second-order valence-corrected chi connectivity index (χ2v) is 6.26. The van der Waals surface area contributed by atoms with E-state index in [9.17, 15) is 4.79 Å². The molecule has 0 atom stereocenters. The maximum atomic E-state index is 11.1. The molecular formula is C12H14N4OS2. The molecule has 19 heavy (non-hydrogen) atoms. The molecule has 0 bridgehead atoms. The van der Waals surface area contributed by atoms with Gasteiger partial charge in [0.1, 0.15) is 4.83 Å². The summed E-state index contributed by atoms with van der Waals surface area (Å²) in [6.45, 7) is 1.47. The minimum absolute atomic E-state index is 0.135. The Bertz CT molecular complexity index is 653. The van der Waals surface area contributed by atoms with Crippen molar-refractivity contribution in [3.05, 3.63) is 10.4 Å². The number of rotatable bonds is 3. The van der Waals surface area contributed by atoms with Crippen LogP contribution in [0.5, 0.6) is 0 Å². The topological polar surface area (TPSA) is 66.9 Å². The average molecular weight is 294 g/mol. The average Bonchev–Trinajstić information content (AvgIpc) is 2.95. The highest BCUT2D eigenvalue weighted by Gasteiger charge is 2.22. The molecule has 1 amide bonds. The van der Waals surface area contributed by atoms with Gasteiger partial charge < -0.3 is 0 Å². The van der Waals surface area contributed by atoms with Gasteiger partial charge in [0.05, 0.1) is 5.39 Å². The van der Waals surface area contributed by atoms with E-state index in [2.05, 4.69) is 20.8 Å². The minimum atomic E-state index is -0.135. The molecule has 1 aliphatic carbocycles. The molecule has 0 saturated carbocycles. The third-order valence-electron chi connectivity index (χ3n) is 3.08. The highest BCUT2D eigenvalue weighted by molar-refractivity contribution is 7.98. The Morgan fingerprint density at radius 2 is 2.21 bits per heavy atom. The second kappa shape index (κ2) is 4.97. The summed E-state index contributed by atoms with van der Waals surface area (Å²) in [5, 5.41) is 1.80. The van der Waals surface area contributed by atoms with Crippen molar-refractivity contribution in [1.29, 1.82) is 0 Å². The van der Waals surface area contributed by atoms with Crippen LogP contribution in [-0.2, 0) is 17.6 Å². The Morgan fingerprint density at radius 1 is 1.37 bits per heavy atom. The molecule has 0 unspecified atom stereocenters. The molecule has 1 aliphatic rings. The smallest absolute Gasteiger partial charge is 0.235 e. The van der Waals surface area contributed by atoms with Crippen molar-refractivity contribution in [1.82, 2.24) is 15.4 Å². The standard InChI is InChI=1S/C12H14N4OS2/c1-6(17)15-16-10-9-7-4-3-5-8(7)19-11(9)14-12(13-10)18-2/h3-5H2,1-2H3,(H,15,17)(H,13,14,16). The van der Waals surface area contributed by atoms with E-state index in [0.29, 0.717) is 5.82 Å². The van der Waals surface area contributed by atoms with E-state index in [0.717, 1.165) is 28.2 Å². The molecule has 0 radical (unpaired) electrons. The van der Waals surface area contributed by atoms with E-state index >= 15 is 0 Å². The summed E-state index contributed by atoms with van der Waals surface area (Å²) >= 11 is 3.25. The maximum Gasteiger partial charge on any atom is 0.235 e. The predicted molar refractivity (Wildman–Crippen MR) is 78.7 cm³/mol. The third-order valence-corrected chi connectivity index (χ3v) is 4.82. The minimum Gasteiger partial charge on any atom is -0.281 e. The van der Waals surface area contributed by atoms with Gasteiger partial charge in [0.2, 0.25) is 5.91 Å². The number of hydrogen-bond donors (Lipinski definition) is 2. The maximum absolute atomic E-state index is 11.1. The molecule has 0 aromatic carbocycles. The molecule has 0 aliphatic heterocycles. The zero-order valence-electron chi connectivity index (χ0n) is 10.7. The van der Waals surface area contributed by atoms with Gasteiger partial charge in [-0.05, 0) is 31.1 Å². The quantitative estimate of drug-likeness (QED) is 0.517.